The van der Waals surface area contributed by atoms with Gasteiger partial charge in [-0.1, -0.05) is 54.2 Å². The summed E-state index contributed by atoms with van der Waals surface area (Å²) in [5.41, 5.74) is 1.46. The molecule has 4 rings (SSSR count). The lowest BCUT2D eigenvalue weighted by Crippen LogP contribution is -2.32. The molecule has 0 bridgehead atoms. The highest BCUT2D eigenvalue weighted by Crippen LogP contribution is 2.35. The van der Waals surface area contributed by atoms with Crippen molar-refractivity contribution in [2.24, 2.45) is 0 Å². The Labute approximate surface area is 239 Å². The molecule has 200 valence electrons. The molecule has 0 radical (unpaired) electrons. The van der Waals surface area contributed by atoms with E-state index in [0.29, 0.717) is 28.6 Å². The van der Waals surface area contributed by atoms with Gasteiger partial charge < -0.3 is 15.4 Å². The van der Waals surface area contributed by atoms with Crippen molar-refractivity contribution in [1.29, 1.82) is 0 Å². The van der Waals surface area contributed by atoms with Crippen molar-refractivity contribution in [3.8, 4) is 0 Å². The summed E-state index contributed by atoms with van der Waals surface area (Å²) in [4.78, 5) is 51.6. The second kappa shape index (κ2) is 12.3. The summed E-state index contributed by atoms with van der Waals surface area (Å²) in [6.07, 6.45) is 1.71. The van der Waals surface area contributed by atoms with Gasteiger partial charge >= 0.3 is 5.97 Å². The van der Waals surface area contributed by atoms with Gasteiger partial charge in [0.25, 0.3) is 17.7 Å². The Morgan fingerprint density at radius 2 is 1.62 bits per heavy atom. The third-order valence-corrected chi connectivity index (χ3v) is 6.57. The molecule has 0 aliphatic carbocycles. The van der Waals surface area contributed by atoms with E-state index in [2.05, 4.69) is 10.6 Å². The fourth-order valence-electron chi connectivity index (χ4n) is 3.66. The number of hydrogen-bond acceptors (Lipinski definition) is 6. The van der Waals surface area contributed by atoms with Crippen molar-refractivity contribution < 1.29 is 23.9 Å². The molecule has 1 aliphatic heterocycles. The van der Waals surface area contributed by atoms with Crippen LogP contribution < -0.4 is 15.5 Å². The van der Waals surface area contributed by atoms with Crippen LogP contribution in [-0.2, 0) is 14.3 Å². The van der Waals surface area contributed by atoms with Gasteiger partial charge in [0.05, 0.1) is 22.9 Å². The number of anilines is 3. The zero-order valence-corrected chi connectivity index (χ0v) is 22.9. The smallest absolute Gasteiger partial charge is 0.338 e. The molecular weight excluding hydrogens is 565 g/mol. The van der Waals surface area contributed by atoms with Crippen molar-refractivity contribution in [3.05, 3.63) is 98.6 Å². The van der Waals surface area contributed by atoms with Crippen LogP contribution in [-0.4, -0.2) is 30.3 Å². The highest BCUT2D eigenvalue weighted by molar-refractivity contribution is 6.54. The molecular formula is C28H22Cl3N3O5. The number of imide groups is 1. The summed E-state index contributed by atoms with van der Waals surface area (Å²) in [5, 5.41) is 5.71. The van der Waals surface area contributed by atoms with Crippen molar-refractivity contribution in [2.75, 3.05) is 22.1 Å². The second-order valence-electron chi connectivity index (χ2n) is 8.46. The average molecular weight is 587 g/mol. The summed E-state index contributed by atoms with van der Waals surface area (Å²) < 4.78 is 5.18. The van der Waals surface area contributed by atoms with Crippen LogP contribution in [0, 0.1) is 0 Å². The molecule has 1 heterocycles. The minimum atomic E-state index is -0.750. The van der Waals surface area contributed by atoms with E-state index >= 15 is 0 Å². The van der Waals surface area contributed by atoms with E-state index in [1.807, 2.05) is 6.92 Å². The van der Waals surface area contributed by atoms with Gasteiger partial charge in [0.2, 0.25) is 0 Å². The van der Waals surface area contributed by atoms with Gasteiger partial charge in [-0.15, -0.1) is 0 Å². The zero-order valence-electron chi connectivity index (χ0n) is 20.6. The first kappa shape index (κ1) is 28.2. The van der Waals surface area contributed by atoms with Crippen LogP contribution in [0.25, 0.3) is 0 Å². The normalized spacial score (nSPS) is 13.1. The number of nitrogens with zero attached hydrogens (tertiary/aromatic N) is 1. The van der Waals surface area contributed by atoms with Gasteiger partial charge in [-0.25, -0.2) is 9.69 Å². The lowest BCUT2D eigenvalue weighted by atomic mass is 10.1. The first-order valence-corrected chi connectivity index (χ1v) is 13.0. The van der Waals surface area contributed by atoms with Gasteiger partial charge in [0.15, 0.2) is 0 Å². The molecule has 8 nitrogen and oxygen atoms in total. The summed E-state index contributed by atoms with van der Waals surface area (Å²) in [6.45, 7) is 2.36. The second-order valence-corrected chi connectivity index (χ2v) is 9.68. The van der Waals surface area contributed by atoms with Gasteiger partial charge in [-0.3, -0.25) is 14.4 Å². The average Bonchev–Trinajstić information content (AvgIpc) is 3.12. The Balaban J connectivity index is 1.44. The maximum Gasteiger partial charge on any atom is 0.338 e. The molecule has 0 saturated carbocycles. The molecule has 1 aliphatic rings. The van der Waals surface area contributed by atoms with Crippen molar-refractivity contribution in [1.82, 2.24) is 0 Å². The lowest BCUT2D eigenvalue weighted by Gasteiger charge is -2.16. The van der Waals surface area contributed by atoms with E-state index in [4.69, 9.17) is 39.5 Å². The number of esters is 1. The van der Waals surface area contributed by atoms with E-state index in [-0.39, 0.29) is 27.0 Å². The molecule has 3 aromatic rings. The van der Waals surface area contributed by atoms with E-state index in [9.17, 15) is 19.2 Å². The Morgan fingerprint density at radius 3 is 2.31 bits per heavy atom. The first-order valence-electron chi connectivity index (χ1n) is 11.9. The van der Waals surface area contributed by atoms with E-state index in [1.54, 1.807) is 42.5 Å². The number of amides is 3. The molecule has 0 atom stereocenters. The summed E-state index contributed by atoms with van der Waals surface area (Å²) in [6, 6.07) is 17.0. The van der Waals surface area contributed by atoms with Crippen LogP contribution >= 0.6 is 34.8 Å². The monoisotopic (exact) mass is 585 g/mol. The lowest BCUT2D eigenvalue weighted by molar-refractivity contribution is -0.120. The molecule has 3 aromatic carbocycles. The largest absolute Gasteiger partial charge is 0.462 e. The number of carbonyl (C=O) groups excluding carboxylic acids is 4. The van der Waals surface area contributed by atoms with E-state index in [1.165, 1.54) is 24.3 Å². The Morgan fingerprint density at radius 1 is 0.872 bits per heavy atom. The van der Waals surface area contributed by atoms with Crippen LogP contribution in [0.15, 0.2) is 77.5 Å². The minimum Gasteiger partial charge on any atom is -0.462 e. The maximum atomic E-state index is 13.1. The highest BCUT2D eigenvalue weighted by atomic mass is 35.5. The van der Waals surface area contributed by atoms with Crippen molar-refractivity contribution in [3.63, 3.8) is 0 Å². The summed E-state index contributed by atoms with van der Waals surface area (Å²) >= 11 is 18.3. The number of benzene rings is 3. The summed E-state index contributed by atoms with van der Waals surface area (Å²) in [5.74, 6) is -2.32. The molecule has 3 amide bonds. The third-order valence-electron chi connectivity index (χ3n) is 5.68. The molecule has 0 saturated heterocycles. The number of carbonyl (C=O) groups is 4. The number of rotatable bonds is 9. The molecule has 39 heavy (non-hydrogen) atoms. The van der Waals surface area contributed by atoms with Crippen LogP contribution in [0.2, 0.25) is 10.0 Å². The highest BCUT2D eigenvalue weighted by Gasteiger charge is 2.39. The third kappa shape index (κ3) is 6.42. The number of halogens is 3. The Hall–Kier alpha value is -3.85. The molecule has 0 unspecified atom stereocenters. The van der Waals surface area contributed by atoms with E-state index in [0.717, 1.165) is 17.7 Å². The van der Waals surface area contributed by atoms with E-state index < -0.39 is 23.7 Å². The minimum absolute atomic E-state index is 0.106. The molecule has 0 fully saturated rings. The van der Waals surface area contributed by atoms with Crippen molar-refractivity contribution in [2.45, 2.75) is 19.8 Å². The van der Waals surface area contributed by atoms with Crippen LogP contribution in [0.4, 0.5) is 17.1 Å². The van der Waals surface area contributed by atoms with Crippen LogP contribution in [0.3, 0.4) is 0 Å². The number of hydrogen-bond donors (Lipinski definition) is 2. The standard InChI is InChI=1S/C28H22Cl3N3O5/c1-2-3-13-39-28(38)16-7-10-19(11-8-16)33-25(35)17-5-4-6-20(14-17)32-24-23(31)26(36)34(27(24)37)22-12-9-18(29)15-21(22)30/h4-12,14-15,32H,2-3,13H2,1H3,(H,33,35). The predicted molar refractivity (Wildman–Crippen MR) is 151 cm³/mol. The SMILES string of the molecule is CCCCOC(=O)c1ccc(NC(=O)c2cccc(NC3=C(Cl)C(=O)N(c4ccc(Cl)cc4Cl)C3=O)c2)cc1. The fraction of sp³-hybridized carbons (Fsp3) is 0.143. The summed E-state index contributed by atoms with van der Waals surface area (Å²) in [7, 11) is 0. The van der Waals surface area contributed by atoms with Gasteiger partial charge in [0.1, 0.15) is 10.7 Å². The van der Waals surface area contributed by atoms with Crippen molar-refractivity contribution >= 4 is 75.6 Å². The predicted octanol–water partition coefficient (Wildman–Crippen LogP) is 6.64. The molecule has 0 aromatic heterocycles. The Kier molecular flexibility index (Phi) is 8.91. The Bertz CT molecular complexity index is 1490. The molecule has 0 spiro atoms. The number of ether oxygens (including phenoxy) is 1. The van der Waals surface area contributed by atoms with Crippen LogP contribution in [0.1, 0.15) is 40.5 Å². The molecule has 11 heteroatoms. The van der Waals surface area contributed by atoms with Gasteiger partial charge in [0, 0.05) is 22.0 Å². The van der Waals surface area contributed by atoms with Gasteiger partial charge in [-0.05, 0) is 67.1 Å². The quantitative estimate of drug-likeness (QED) is 0.165. The number of nitrogens with one attached hydrogen (secondary N) is 2. The zero-order chi connectivity index (χ0) is 28.1. The number of unbranched alkanes of at least 4 members (excludes halogenated alkanes) is 1. The topological polar surface area (TPSA) is 105 Å². The maximum absolute atomic E-state index is 13.1. The van der Waals surface area contributed by atoms with Crippen LogP contribution in [0.5, 0.6) is 0 Å². The molecule has 2 N–H and O–H groups in total. The first-order chi connectivity index (χ1) is 18.7. The fourth-order valence-corrected chi connectivity index (χ4v) is 4.37. The van der Waals surface area contributed by atoms with Gasteiger partial charge in [-0.2, -0.15) is 0 Å².